The molecule has 0 aromatic heterocycles. The van der Waals surface area contributed by atoms with Crippen molar-refractivity contribution in [3.63, 3.8) is 0 Å². The van der Waals surface area contributed by atoms with Crippen LogP contribution in [0.3, 0.4) is 0 Å². The van der Waals surface area contributed by atoms with Gasteiger partial charge in [-0.1, -0.05) is 26.7 Å². The summed E-state index contributed by atoms with van der Waals surface area (Å²) in [5.74, 6) is 0.621. The molecular formula is C18H28N2O3S. The molecule has 0 aliphatic carbocycles. The third-order valence-electron chi connectivity index (χ3n) is 4.41. The molecule has 6 heteroatoms. The van der Waals surface area contributed by atoms with Crippen LogP contribution in [0.4, 0.5) is 5.69 Å². The molecule has 0 saturated carbocycles. The van der Waals surface area contributed by atoms with Gasteiger partial charge in [0.15, 0.2) is 0 Å². The molecule has 0 spiro atoms. The standard InChI is InChI=1S/C18H28N2O3S/c1-13(2)6-5-7-14(3)19-24(22,23)17-8-9-18-16(12-17)10-11-20(18)15(4)21/h8-9,12-14,19H,5-7,10-11H2,1-4H3. The van der Waals surface area contributed by atoms with Crippen molar-refractivity contribution in [1.82, 2.24) is 4.72 Å². The van der Waals surface area contributed by atoms with E-state index in [1.54, 1.807) is 23.1 Å². The first-order valence-corrected chi connectivity index (χ1v) is 10.1. The molecule has 1 amide bonds. The number of hydrogen-bond donors (Lipinski definition) is 1. The van der Waals surface area contributed by atoms with E-state index in [1.807, 2.05) is 6.92 Å². The number of benzene rings is 1. The molecule has 0 bridgehead atoms. The van der Waals surface area contributed by atoms with E-state index < -0.39 is 10.0 Å². The van der Waals surface area contributed by atoms with Crippen LogP contribution in [0.25, 0.3) is 0 Å². The van der Waals surface area contributed by atoms with Gasteiger partial charge < -0.3 is 4.90 Å². The Balaban J connectivity index is 2.06. The highest BCUT2D eigenvalue weighted by Crippen LogP contribution is 2.30. The summed E-state index contributed by atoms with van der Waals surface area (Å²) in [6.45, 7) is 8.39. The summed E-state index contributed by atoms with van der Waals surface area (Å²) < 4.78 is 27.9. The summed E-state index contributed by atoms with van der Waals surface area (Å²) in [6, 6.07) is 4.93. The molecule has 1 N–H and O–H groups in total. The Morgan fingerprint density at radius 2 is 1.96 bits per heavy atom. The molecule has 5 nitrogen and oxygen atoms in total. The third-order valence-corrected chi connectivity index (χ3v) is 6.00. The summed E-state index contributed by atoms with van der Waals surface area (Å²) in [6.07, 6.45) is 3.65. The Bertz CT molecular complexity index is 698. The van der Waals surface area contributed by atoms with Crippen LogP contribution in [0.2, 0.25) is 0 Å². The molecule has 1 aromatic carbocycles. The normalized spacial score (nSPS) is 15.6. The van der Waals surface area contributed by atoms with Crippen LogP contribution in [0.1, 0.15) is 52.5 Å². The van der Waals surface area contributed by atoms with Gasteiger partial charge in [-0.3, -0.25) is 4.79 Å². The second kappa shape index (κ2) is 7.66. The summed E-state index contributed by atoms with van der Waals surface area (Å²) in [5.41, 5.74) is 1.74. The zero-order valence-electron chi connectivity index (χ0n) is 15.0. The van der Waals surface area contributed by atoms with Gasteiger partial charge in [0.2, 0.25) is 15.9 Å². The van der Waals surface area contributed by atoms with Gasteiger partial charge in [0.25, 0.3) is 0 Å². The maximum atomic E-state index is 12.6. The van der Waals surface area contributed by atoms with E-state index in [0.29, 0.717) is 18.9 Å². The van der Waals surface area contributed by atoms with E-state index in [4.69, 9.17) is 0 Å². The molecule has 0 saturated heterocycles. The Morgan fingerprint density at radius 3 is 2.58 bits per heavy atom. The predicted octanol–water partition coefficient (Wildman–Crippen LogP) is 3.09. The number of fused-ring (bicyclic) bond motifs is 1. The lowest BCUT2D eigenvalue weighted by atomic mass is 10.0. The second-order valence-electron chi connectivity index (χ2n) is 7.06. The van der Waals surface area contributed by atoms with Gasteiger partial charge in [0.05, 0.1) is 4.90 Å². The van der Waals surface area contributed by atoms with Crippen molar-refractivity contribution >= 4 is 21.6 Å². The molecule has 134 valence electrons. The van der Waals surface area contributed by atoms with E-state index in [-0.39, 0.29) is 16.8 Å². The quantitative estimate of drug-likeness (QED) is 0.820. The van der Waals surface area contributed by atoms with Crippen LogP contribution in [-0.2, 0) is 21.2 Å². The van der Waals surface area contributed by atoms with Gasteiger partial charge in [-0.05, 0) is 49.4 Å². The fraction of sp³-hybridized carbons (Fsp3) is 0.611. The number of hydrogen-bond acceptors (Lipinski definition) is 3. The molecule has 1 heterocycles. The van der Waals surface area contributed by atoms with Crippen LogP contribution in [0.15, 0.2) is 23.1 Å². The maximum absolute atomic E-state index is 12.6. The number of nitrogens with one attached hydrogen (secondary N) is 1. The molecular weight excluding hydrogens is 324 g/mol. The zero-order valence-corrected chi connectivity index (χ0v) is 15.8. The summed E-state index contributed by atoms with van der Waals surface area (Å²) >= 11 is 0. The first-order valence-electron chi connectivity index (χ1n) is 8.64. The summed E-state index contributed by atoms with van der Waals surface area (Å²) in [7, 11) is -3.52. The van der Waals surface area contributed by atoms with E-state index in [2.05, 4.69) is 18.6 Å². The van der Waals surface area contributed by atoms with Gasteiger partial charge in [0, 0.05) is 25.2 Å². The number of anilines is 1. The highest BCUT2D eigenvalue weighted by molar-refractivity contribution is 7.89. The molecule has 0 fully saturated rings. The van der Waals surface area contributed by atoms with Crippen molar-refractivity contribution in [2.45, 2.75) is 64.3 Å². The van der Waals surface area contributed by atoms with Crippen LogP contribution in [-0.4, -0.2) is 26.9 Å². The average molecular weight is 353 g/mol. The number of amides is 1. The zero-order chi connectivity index (χ0) is 17.9. The van der Waals surface area contributed by atoms with E-state index in [1.165, 1.54) is 6.92 Å². The lowest BCUT2D eigenvalue weighted by Gasteiger charge is -2.17. The maximum Gasteiger partial charge on any atom is 0.240 e. The first-order chi connectivity index (χ1) is 11.2. The molecule has 1 aromatic rings. The summed E-state index contributed by atoms with van der Waals surface area (Å²) in [5, 5.41) is 0. The fourth-order valence-corrected chi connectivity index (χ4v) is 4.42. The van der Waals surface area contributed by atoms with Crippen molar-refractivity contribution in [2.75, 3.05) is 11.4 Å². The first kappa shape index (κ1) is 18.9. The fourth-order valence-electron chi connectivity index (χ4n) is 3.10. The van der Waals surface area contributed by atoms with E-state index >= 15 is 0 Å². The highest BCUT2D eigenvalue weighted by atomic mass is 32.2. The van der Waals surface area contributed by atoms with Gasteiger partial charge in [-0.25, -0.2) is 13.1 Å². The SMILES string of the molecule is CC(=O)N1CCc2cc(S(=O)(=O)NC(C)CCCC(C)C)ccc21. The van der Waals surface area contributed by atoms with Crippen molar-refractivity contribution in [2.24, 2.45) is 5.92 Å². The number of nitrogens with zero attached hydrogens (tertiary/aromatic N) is 1. The smallest absolute Gasteiger partial charge is 0.240 e. The lowest BCUT2D eigenvalue weighted by Crippen LogP contribution is -2.32. The largest absolute Gasteiger partial charge is 0.312 e. The van der Waals surface area contributed by atoms with Crippen molar-refractivity contribution in [3.8, 4) is 0 Å². The molecule has 1 unspecified atom stereocenters. The van der Waals surface area contributed by atoms with Crippen molar-refractivity contribution in [1.29, 1.82) is 0 Å². The van der Waals surface area contributed by atoms with Gasteiger partial charge in [-0.15, -0.1) is 0 Å². The minimum atomic E-state index is -3.52. The average Bonchev–Trinajstić information content (AvgIpc) is 2.89. The van der Waals surface area contributed by atoms with Gasteiger partial charge >= 0.3 is 0 Å². The lowest BCUT2D eigenvalue weighted by molar-refractivity contribution is -0.116. The molecule has 1 aliphatic rings. The van der Waals surface area contributed by atoms with Crippen LogP contribution in [0.5, 0.6) is 0 Å². The van der Waals surface area contributed by atoms with Gasteiger partial charge in [-0.2, -0.15) is 0 Å². The van der Waals surface area contributed by atoms with E-state index in [9.17, 15) is 13.2 Å². The number of carbonyl (C=O) groups is 1. The number of sulfonamides is 1. The molecule has 2 rings (SSSR count). The minimum Gasteiger partial charge on any atom is -0.312 e. The molecule has 0 radical (unpaired) electrons. The third kappa shape index (κ3) is 4.57. The van der Waals surface area contributed by atoms with Crippen LogP contribution >= 0.6 is 0 Å². The van der Waals surface area contributed by atoms with E-state index in [0.717, 1.165) is 30.5 Å². The van der Waals surface area contributed by atoms with Crippen LogP contribution < -0.4 is 9.62 Å². The monoisotopic (exact) mass is 352 g/mol. The minimum absolute atomic E-state index is 0.0127. The molecule has 1 atom stereocenters. The molecule has 24 heavy (non-hydrogen) atoms. The van der Waals surface area contributed by atoms with Crippen molar-refractivity contribution < 1.29 is 13.2 Å². The van der Waals surface area contributed by atoms with Crippen LogP contribution in [0, 0.1) is 5.92 Å². The topological polar surface area (TPSA) is 66.5 Å². The predicted molar refractivity (Wildman–Crippen MR) is 96.6 cm³/mol. The Labute approximate surface area is 145 Å². The number of carbonyl (C=O) groups excluding carboxylic acids is 1. The van der Waals surface area contributed by atoms with Gasteiger partial charge in [0.1, 0.15) is 0 Å². The Kier molecular flexibility index (Phi) is 6.04. The summed E-state index contributed by atoms with van der Waals surface area (Å²) in [4.78, 5) is 13.5. The highest BCUT2D eigenvalue weighted by Gasteiger charge is 2.25. The Hall–Kier alpha value is -1.40. The number of rotatable bonds is 7. The second-order valence-corrected chi connectivity index (χ2v) is 8.77. The molecule has 1 aliphatic heterocycles. The van der Waals surface area contributed by atoms with Crippen molar-refractivity contribution in [3.05, 3.63) is 23.8 Å². The Morgan fingerprint density at radius 1 is 1.25 bits per heavy atom.